The molecule has 0 amide bonds. The average Bonchev–Trinajstić information content (AvgIpc) is 2.17. The molecule has 0 saturated heterocycles. The highest BCUT2D eigenvalue weighted by Crippen LogP contribution is 2.17. The Morgan fingerprint density at radius 3 is 3.10 bits per heavy atom. The summed E-state index contributed by atoms with van der Waals surface area (Å²) < 4.78 is 0. The van der Waals surface area contributed by atoms with Crippen molar-refractivity contribution in [3.05, 3.63) is 24.3 Å². The predicted molar refractivity (Wildman–Crippen MR) is 45.9 cm³/mol. The van der Waals surface area contributed by atoms with Gasteiger partial charge < -0.3 is 0 Å². The van der Waals surface area contributed by atoms with E-state index in [9.17, 15) is 0 Å². The van der Waals surface area contributed by atoms with Gasteiger partial charge in [-0.25, -0.2) is 0 Å². The molecule has 0 bridgehead atoms. The Morgan fingerprint density at radius 2 is 2.30 bits per heavy atom. The van der Waals surface area contributed by atoms with Crippen LogP contribution in [0.4, 0.5) is 0 Å². The molecule has 0 spiro atoms. The van der Waals surface area contributed by atoms with Crippen molar-refractivity contribution in [1.82, 2.24) is 0 Å². The Bertz CT molecular complexity index is 131. The van der Waals surface area contributed by atoms with Crippen LogP contribution in [0.15, 0.2) is 24.3 Å². The van der Waals surface area contributed by atoms with E-state index >= 15 is 0 Å². The van der Waals surface area contributed by atoms with Crippen molar-refractivity contribution < 1.29 is 0 Å². The minimum atomic E-state index is 0.847. The lowest BCUT2D eigenvalue weighted by atomic mass is 9.99. The van der Waals surface area contributed by atoms with Crippen LogP contribution in [0.5, 0.6) is 0 Å². The van der Waals surface area contributed by atoms with E-state index in [1.165, 1.54) is 25.7 Å². The molecule has 56 valence electrons. The molecule has 0 aliphatic heterocycles. The standard InChI is InChI=1S/C10H16/c1-2-7-10-8-5-3-4-6-9-10/h3-5,8,10H,2,6-7,9H2,1H3. The fraction of sp³-hybridized carbons (Fsp3) is 0.600. The zero-order chi connectivity index (χ0) is 7.23. The van der Waals surface area contributed by atoms with Gasteiger partial charge in [0.2, 0.25) is 0 Å². The molecule has 10 heavy (non-hydrogen) atoms. The fourth-order valence-corrected chi connectivity index (χ4v) is 1.41. The summed E-state index contributed by atoms with van der Waals surface area (Å²) in [6, 6.07) is 0. The van der Waals surface area contributed by atoms with E-state index < -0.39 is 0 Å². The first kappa shape index (κ1) is 7.59. The van der Waals surface area contributed by atoms with Gasteiger partial charge in [-0.2, -0.15) is 0 Å². The fourth-order valence-electron chi connectivity index (χ4n) is 1.41. The van der Waals surface area contributed by atoms with Crippen LogP contribution in [0.1, 0.15) is 32.6 Å². The second-order valence-electron chi connectivity index (χ2n) is 2.94. The molecule has 0 radical (unpaired) electrons. The van der Waals surface area contributed by atoms with Crippen LogP contribution in [0.25, 0.3) is 0 Å². The summed E-state index contributed by atoms with van der Waals surface area (Å²) in [6.45, 7) is 2.26. The molecule has 0 fully saturated rings. The Morgan fingerprint density at radius 1 is 1.40 bits per heavy atom. The summed E-state index contributed by atoms with van der Waals surface area (Å²) in [5, 5.41) is 0. The van der Waals surface area contributed by atoms with E-state index in [0.29, 0.717) is 0 Å². The predicted octanol–water partition coefficient (Wildman–Crippen LogP) is 3.31. The van der Waals surface area contributed by atoms with Crippen molar-refractivity contribution in [3.63, 3.8) is 0 Å². The summed E-state index contributed by atoms with van der Waals surface area (Å²) in [5.74, 6) is 0.847. The zero-order valence-electron chi connectivity index (χ0n) is 6.72. The van der Waals surface area contributed by atoms with Crippen molar-refractivity contribution in [2.45, 2.75) is 32.6 Å². The monoisotopic (exact) mass is 136 g/mol. The highest BCUT2D eigenvalue weighted by Gasteiger charge is 2.02. The van der Waals surface area contributed by atoms with Crippen LogP contribution in [0, 0.1) is 5.92 Å². The molecule has 0 nitrogen and oxygen atoms in total. The molecule has 0 saturated carbocycles. The molecule has 0 aromatic rings. The number of hydrogen-bond acceptors (Lipinski definition) is 0. The van der Waals surface area contributed by atoms with Crippen LogP contribution in [0.3, 0.4) is 0 Å². The highest BCUT2D eigenvalue weighted by atomic mass is 14.1. The third-order valence-corrected chi connectivity index (χ3v) is 1.99. The maximum Gasteiger partial charge on any atom is -0.0228 e. The lowest BCUT2D eigenvalue weighted by Crippen LogP contribution is -1.93. The number of allylic oxidation sites excluding steroid dienone is 4. The Labute approximate surface area is 63.6 Å². The second-order valence-corrected chi connectivity index (χ2v) is 2.94. The zero-order valence-corrected chi connectivity index (χ0v) is 6.72. The van der Waals surface area contributed by atoms with Gasteiger partial charge in [-0.1, -0.05) is 37.6 Å². The number of hydrogen-bond donors (Lipinski definition) is 0. The van der Waals surface area contributed by atoms with Crippen LogP contribution >= 0.6 is 0 Å². The van der Waals surface area contributed by atoms with Crippen LogP contribution in [-0.4, -0.2) is 0 Å². The van der Waals surface area contributed by atoms with Gasteiger partial charge in [-0.05, 0) is 25.2 Å². The molecule has 1 aliphatic rings. The van der Waals surface area contributed by atoms with Gasteiger partial charge in [-0.15, -0.1) is 0 Å². The van der Waals surface area contributed by atoms with Crippen molar-refractivity contribution >= 4 is 0 Å². The quantitative estimate of drug-likeness (QED) is 0.546. The summed E-state index contributed by atoms with van der Waals surface area (Å²) in [4.78, 5) is 0. The molecule has 1 rings (SSSR count). The van der Waals surface area contributed by atoms with Gasteiger partial charge in [0, 0.05) is 0 Å². The minimum absolute atomic E-state index is 0.847. The number of rotatable bonds is 2. The summed E-state index contributed by atoms with van der Waals surface area (Å²) in [6.07, 6.45) is 14.2. The van der Waals surface area contributed by atoms with Gasteiger partial charge in [0.25, 0.3) is 0 Å². The molecular weight excluding hydrogens is 120 g/mol. The molecule has 1 atom stereocenters. The van der Waals surface area contributed by atoms with E-state index in [1.807, 2.05) is 0 Å². The SMILES string of the molecule is CCCC1C=CC=CCC1. The van der Waals surface area contributed by atoms with E-state index in [2.05, 4.69) is 31.2 Å². The van der Waals surface area contributed by atoms with Crippen LogP contribution in [-0.2, 0) is 0 Å². The maximum absolute atomic E-state index is 2.34. The molecule has 0 heteroatoms. The lowest BCUT2D eigenvalue weighted by molar-refractivity contribution is 0.545. The van der Waals surface area contributed by atoms with E-state index in [-0.39, 0.29) is 0 Å². The Hall–Kier alpha value is -0.520. The van der Waals surface area contributed by atoms with Gasteiger partial charge in [0.05, 0.1) is 0 Å². The van der Waals surface area contributed by atoms with E-state index in [4.69, 9.17) is 0 Å². The normalized spacial score (nSPS) is 24.7. The van der Waals surface area contributed by atoms with Gasteiger partial charge in [-0.3, -0.25) is 0 Å². The first-order valence-corrected chi connectivity index (χ1v) is 4.27. The van der Waals surface area contributed by atoms with Crippen LogP contribution in [0.2, 0.25) is 0 Å². The van der Waals surface area contributed by atoms with Crippen molar-refractivity contribution in [1.29, 1.82) is 0 Å². The van der Waals surface area contributed by atoms with Crippen molar-refractivity contribution in [2.24, 2.45) is 5.92 Å². The van der Waals surface area contributed by atoms with Crippen molar-refractivity contribution in [2.75, 3.05) is 0 Å². The lowest BCUT2D eigenvalue weighted by Gasteiger charge is -2.07. The smallest absolute Gasteiger partial charge is 0.0228 e. The van der Waals surface area contributed by atoms with Gasteiger partial charge >= 0.3 is 0 Å². The molecule has 1 aliphatic carbocycles. The first-order chi connectivity index (χ1) is 4.93. The minimum Gasteiger partial charge on any atom is -0.0845 e. The summed E-state index contributed by atoms with van der Waals surface area (Å²) in [5.41, 5.74) is 0. The molecular formula is C10H16. The third kappa shape index (κ3) is 2.38. The molecule has 0 N–H and O–H groups in total. The molecule has 0 aromatic carbocycles. The van der Waals surface area contributed by atoms with Gasteiger partial charge in [0.15, 0.2) is 0 Å². The maximum atomic E-state index is 2.34. The Balaban J connectivity index is 2.33. The van der Waals surface area contributed by atoms with Crippen LogP contribution < -0.4 is 0 Å². The average molecular weight is 136 g/mol. The topological polar surface area (TPSA) is 0 Å². The molecule has 0 aromatic heterocycles. The second kappa shape index (κ2) is 4.32. The highest BCUT2D eigenvalue weighted by molar-refractivity contribution is 5.07. The summed E-state index contributed by atoms with van der Waals surface area (Å²) in [7, 11) is 0. The third-order valence-electron chi connectivity index (χ3n) is 1.99. The van der Waals surface area contributed by atoms with E-state index in [1.54, 1.807) is 0 Å². The summed E-state index contributed by atoms with van der Waals surface area (Å²) >= 11 is 0. The first-order valence-electron chi connectivity index (χ1n) is 4.27. The van der Waals surface area contributed by atoms with Gasteiger partial charge in [0.1, 0.15) is 0 Å². The molecule has 0 heterocycles. The van der Waals surface area contributed by atoms with Crippen molar-refractivity contribution in [3.8, 4) is 0 Å². The molecule has 1 unspecified atom stereocenters. The van der Waals surface area contributed by atoms with E-state index in [0.717, 1.165) is 5.92 Å². The largest absolute Gasteiger partial charge is 0.0845 e. The Kier molecular flexibility index (Phi) is 3.28.